The van der Waals surface area contributed by atoms with Crippen molar-refractivity contribution in [1.29, 1.82) is 0 Å². The van der Waals surface area contributed by atoms with E-state index in [4.69, 9.17) is 0 Å². The molecule has 1 nitrogen and oxygen atoms in total. The minimum Gasteiger partial charge on any atom is -0.303 e. The summed E-state index contributed by atoms with van der Waals surface area (Å²) in [4.78, 5) is 10.3. The lowest BCUT2D eigenvalue weighted by Gasteiger charge is -2.41. The van der Waals surface area contributed by atoms with Crippen molar-refractivity contribution in [2.45, 2.75) is 33.6 Å². The van der Waals surface area contributed by atoms with Gasteiger partial charge in [-0.15, -0.1) is 0 Å². The molecule has 0 saturated heterocycles. The van der Waals surface area contributed by atoms with E-state index in [0.717, 1.165) is 25.0 Å². The van der Waals surface area contributed by atoms with Crippen molar-refractivity contribution < 1.29 is 4.79 Å². The molecule has 58 valence electrons. The predicted octanol–water partition coefficient (Wildman–Crippen LogP) is 2.26. The van der Waals surface area contributed by atoms with Crippen LogP contribution in [0, 0.1) is 17.3 Å². The van der Waals surface area contributed by atoms with E-state index in [1.807, 2.05) is 0 Å². The fourth-order valence-electron chi connectivity index (χ4n) is 1.48. The molecule has 0 heterocycles. The molecule has 10 heavy (non-hydrogen) atoms. The lowest BCUT2D eigenvalue weighted by Crippen LogP contribution is -2.34. The van der Waals surface area contributed by atoms with Gasteiger partial charge in [-0.3, -0.25) is 0 Å². The van der Waals surface area contributed by atoms with E-state index in [0.29, 0.717) is 11.3 Å². The lowest BCUT2D eigenvalue weighted by molar-refractivity contribution is -0.116. The Kier molecular flexibility index (Phi) is 1.84. The summed E-state index contributed by atoms with van der Waals surface area (Å²) < 4.78 is 0. The summed E-state index contributed by atoms with van der Waals surface area (Å²) in [5.41, 5.74) is 0.416. The molecule has 0 aromatic heterocycles. The topological polar surface area (TPSA) is 17.1 Å². The third-order valence-electron chi connectivity index (χ3n) is 2.59. The van der Waals surface area contributed by atoms with Gasteiger partial charge in [0.2, 0.25) is 0 Å². The number of carbonyl (C=O) groups is 1. The highest BCUT2D eigenvalue weighted by atomic mass is 16.1. The zero-order valence-electron chi connectivity index (χ0n) is 7.05. The van der Waals surface area contributed by atoms with Crippen LogP contribution >= 0.6 is 0 Å². The van der Waals surface area contributed by atoms with Gasteiger partial charge in [0.15, 0.2) is 0 Å². The van der Waals surface area contributed by atoms with Crippen molar-refractivity contribution in [1.82, 2.24) is 0 Å². The zero-order chi connectivity index (χ0) is 7.78. The monoisotopic (exact) mass is 140 g/mol. The van der Waals surface area contributed by atoms with E-state index in [2.05, 4.69) is 20.8 Å². The first kappa shape index (κ1) is 7.77. The first-order valence-electron chi connectivity index (χ1n) is 3.99. The van der Waals surface area contributed by atoms with E-state index >= 15 is 0 Å². The van der Waals surface area contributed by atoms with Crippen LogP contribution in [-0.2, 0) is 4.79 Å². The van der Waals surface area contributed by atoms with Crippen LogP contribution < -0.4 is 0 Å². The Labute approximate surface area is 62.8 Å². The van der Waals surface area contributed by atoms with Gasteiger partial charge in [0.1, 0.15) is 6.29 Å². The Morgan fingerprint density at radius 1 is 1.30 bits per heavy atom. The van der Waals surface area contributed by atoms with Gasteiger partial charge in [0.25, 0.3) is 0 Å². The SMILES string of the molecule is CC(C)(C)C1CC(C=O)C1. The minimum absolute atomic E-state index is 0.379. The summed E-state index contributed by atoms with van der Waals surface area (Å²) in [6, 6.07) is 0. The summed E-state index contributed by atoms with van der Waals surface area (Å²) >= 11 is 0. The molecule has 0 bridgehead atoms. The maximum absolute atomic E-state index is 10.3. The van der Waals surface area contributed by atoms with E-state index in [9.17, 15) is 4.79 Å². The Bertz CT molecular complexity index is 126. The largest absolute Gasteiger partial charge is 0.303 e. The number of hydrogen-bond acceptors (Lipinski definition) is 1. The smallest absolute Gasteiger partial charge is 0.123 e. The van der Waals surface area contributed by atoms with Gasteiger partial charge in [-0.05, 0) is 24.2 Å². The fourth-order valence-corrected chi connectivity index (χ4v) is 1.48. The van der Waals surface area contributed by atoms with Gasteiger partial charge in [0.05, 0.1) is 0 Å². The molecule has 0 atom stereocenters. The van der Waals surface area contributed by atoms with Crippen molar-refractivity contribution in [3.63, 3.8) is 0 Å². The Morgan fingerprint density at radius 3 is 2.10 bits per heavy atom. The molecule has 1 fully saturated rings. The average Bonchev–Trinajstić information content (AvgIpc) is 1.57. The maximum Gasteiger partial charge on any atom is 0.123 e. The van der Waals surface area contributed by atoms with Gasteiger partial charge in [0, 0.05) is 5.92 Å². The molecule has 1 aliphatic carbocycles. The molecule has 0 aliphatic heterocycles. The van der Waals surface area contributed by atoms with Crippen molar-refractivity contribution in [3.05, 3.63) is 0 Å². The molecular weight excluding hydrogens is 124 g/mol. The summed E-state index contributed by atoms with van der Waals surface area (Å²) in [7, 11) is 0. The van der Waals surface area contributed by atoms with Gasteiger partial charge < -0.3 is 4.79 Å². The van der Waals surface area contributed by atoms with Crippen LogP contribution in [0.1, 0.15) is 33.6 Å². The molecule has 1 rings (SSSR count). The molecule has 0 aromatic carbocycles. The fraction of sp³-hybridized carbons (Fsp3) is 0.889. The number of aldehydes is 1. The van der Waals surface area contributed by atoms with Gasteiger partial charge in [-0.2, -0.15) is 0 Å². The third kappa shape index (κ3) is 1.39. The standard InChI is InChI=1S/C9H16O/c1-9(2,3)8-4-7(5-8)6-10/h6-8H,4-5H2,1-3H3. The molecule has 1 heteroatoms. The molecular formula is C9H16O. The molecule has 0 N–H and O–H groups in total. The van der Waals surface area contributed by atoms with Crippen LogP contribution in [0.2, 0.25) is 0 Å². The molecule has 1 saturated carbocycles. The quantitative estimate of drug-likeness (QED) is 0.510. The molecule has 0 spiro atoms. The molecule has 1 aliphatic rings. The van der Waals surface area contributed by atoms with E-state index in [-0.39, 0.29) is 0 Å². The summed E-state index contributed by atoms with van der Waals surface area (Å²) in [5.74, 6) is 1.16. The second kappa shape index (κ2) is 2.37. The zero-order valence-corrected chi connectivity index (χ0v) is 7.05. The van der Waals surface area contributed by atoms with Crippen LogP contribution in [0.3, 0.4) is 0 Å². The lowest BCUT2D eigenvalue weighted by atomic mass is 9.63. The van der Waals surface area contributed by atoms with Crippen molar-refractivity contribution in [2.75, 3.05) is 0 Å². The molecule has 0 unspecified atom stereocenters. The minimum atomic E-state index is 0.379. The van der Waals surface area contributed by atoms with Crippen LogP contribution in [-0.4, -0.2) is 6.29 Å². The second-order valence-electron chi connectivity index (χ2n) is 4.43. The highest BCUT2D eigenvalue weighted by Gasteiger charge is 2.36. The van der Waals surface area contributed by atoms with E-state index in [1.54, 1.807) is 0 Å². The molecule has 0 aromatic rings. The van der Waals surface area contributed by atoms with E-state index < -0.39 is 0 Å². The maximum atomic E-state index is 10.3. The second-order valence-corrected chi connectivity index (χ2v) is 4.43. The normalized spacial score (nSPS) is 33.1. The van der Waals surface area contributed by atoms with Gasteiger partial charge in [-0.25, -0.2) is 0 Å². The highest BCUT2D eigenvalue weighted by molar-refractivity contribution is 5.55. The summed E-state index contributed by atoms with van der Waals surface area (Å²) in [5, 5.41) is 0. The summed E-state index contributed by atoms with van der Waals surface area (Å²) in [6.45, 7) is 6.75. The summed E-state index contributed by atoms with van der Waals surface area (Å²) in [6.07, 6.45) is 3.34. The van der Waals surface area contributed by atoms with Crippen LogP contribution in [0.25, 0.3) is 0 Å². The van der Waals surface area contributed by atoms with Crippen LogP contribution in [0.4, 0.5) is 0 Å². The van der Waals surface area contributed by atoms with Crippen molar-refractivity contribution >= 4 is 6.29 Å². The average molecular weight is 140 g/mol. The van der Waals surface area contributed by atoms with Crippen LogP contribution in [0.5, 0.6) is 0 Å². The molecule has 0 amide bonds. The van der Waals surface area contributed by atoms with Gasteiger partial charge >= 0.3 is 0 Å². The Balaban J connectivity index is 2.32. The third-order valence-corrected chi connectivity index (χ3v) is 2.59. The van der Waals surface area contributed by atoms with Crippen molar-refractivity contribution in [2.24, 2.45) is 17.3 Å². The van der Waals surface area contributed by atoms with E-state index in [1.165, 1.54) is 0 Å². The van der Waals surface area contributed by atoms with Crippen LogP contribution in [0.15, 0.2) is 0 Å². The number of hydrogen-bond donors (Lipinski definition) is 0. The first-order valence-corrected chi connectivity index (χ1v) is 3.99. The number of rotatable bonds is 1. The number of carbonyl (C=O) groups excluding carboxylic acids is 1. The van der Waals surface area contributed by atoms with Crippen molar-refractivity contribution in [3.8, 4) is 0 Å². The van der Waals surface area contributed by atoms with Gasteiger partial charge in [-0.1, -0.05) is 20.8 Å². The highest BCUT2D eigenvalue weighted by Crippen LogP contribution is 2.43. The predicted molar refractivity (Wildman–Crippen MR) is 41.7 cm³/mol. The Morgan fingerprint density at radius 2 is 1.80 bits per heavy atom. The molecule has 0 radical (unpaired) electrons. The Hall–Kier alpha value is -0.330. The first-order chi connectivity index (χ1) is 4.54.